The highest BCUT2D eigenvalue weighted by molar-refractivity contribution is 5.71. The molecule has 0 saturated carbocycles. The van der Waals surface area contributed by atoms with Gasteiger partial charge in [-0.25, -0.2) is 0 Å². The maximum atomic E-state index is 12.8. The van der Waals surface area contributed by atoms with Gasteiger partial charge in [0.25, 0.3) is 0 Å². The van der Waals surface area contributed by atoms with Gasteiger partial charge in [0.1, 0.15) is 13.2 Å². The van der Waals surface area contributed by atoms with E-state index in [4.69, 9.17) is 14.2 Å². The second-order valence-corrected chi connectivity index (χ2v) is 18.9. The highest BCUT2D eigenvalue weighted by Crippen LogP contribution is 2.17. The molecule has 0 rings (SSSR count). The Morgan fingerprint density at radius 1 is 0.298 bits per heavy atom. The Morgan fingerprint density at radius 3 is 0.754 bits per heavy atom. The van der Waals surface area contributed by atoms with Crippen LogP contribution in [0.1, 0.15) is 273 Å². The minimum Gasteiger partial charge on any atom is -0.462 e. The Balaban J connectivity index is 4.26. The molecule has 0 unspecified atom stereocenters. The van der Waals surface area contributed by atoms with Crippen LogP contribution >= 0.6 is 0 Å². The van der Waals surface area contributed by atoms with Crippen LogP contribution in [0.15, 0.2) is 0 Å². The van der Waals surface area contributed by atoms with Gasteiger partial charge in [-0.2, -0.15) is 0 Å². The fourth-order valence-corrected chi connectivity index (χ4v) is 7.59. The molecule has 0 aliphatic carbocycles. The quantitative estimate of drug-likeness (QED) is 0.0347. The molecule has 0 heterocycles. The van der Waals surface area contributed by atoms with Crippen LogP contribution in [-0.2, 0) is 28.6 Å². The lowest BCUT2D eigenvalue weighted by Crippen LogP contribution is -2.30. The van der Waals surface area contributed by atoms with Gasteiger partial charge in [-0.05, 0) is 37.0 Å². The normalized spacial score (nSPS) is 12.2. The van der Waals surface area contributed by atoms with Crippen LogP contribution in [0, 0.1) is 17.8 Å². The third-order valence-corrected chi connectivity index (χ3v) is 11.4. The van der Waals surface area contributed by atoms with E-state index in [0.29, 0.717) is 19.3 Å². The molecule has 6 heteroatoms. The SMILES string of the molecule is CC(C)CCCCCCCCCCCCCCCCCC(=O)O[C@@H](COC(=O)CCCCCCCCCCCC(C)C)COC(=O)CCCCCCCCC(C)C. The Labute approximate surface area is 355 Å². The maximum Gasteiger partial charge on any atom is 0.306 e. The molecule has 6 nitrogen and oxygen atoms in total. The van der Waals surface area contributed by atoms with E-state index in [-0.39, 0.29) is 31.1 Å². The second-order valence-electron chi connectivity index (χ2n) is 18.9. The molecular formula is C51H98O6. The van der Waals surface area contributed by atoms with E-state index in [1.165, 1.54) is 154 Å². The van der Waals surface area contributed by atoms with Crippen molar-refractivity contribution in [2.75, 3.05) is 13.2 Å². The van der Waals surface area contributed by atoms with Gasteiger partial charge in [0.2, 0.25) is 0 Å². The van der Waals surface area contributed by atoms with Crippen LogP contribution < -0.4 is 0 Å². The number of ether oxygens (including phenoxy) is 3. The van der Waals surface area contributed by atoms with E-state index in [2.05, 4.69) is 41.5 Å². The topological polar surface area (TPSA) is 78.9 Å². The van der Waals surface area contributed by atoms with E-state index in [1.807, 2.05) is 0 Å². The van der Waals surface area contributed by atoms with Gasteiger partial charge in [-0.1, -0.05) is 234 Å². The highest BCUT2D eigenvalue weighted by Gasteiger charge is 2.19. The van der Waals surface area contributed by atoms with E-state index in [9.17, 15) is 14.4 Å². The summed E-state index contributed by atoms with van der Waals surface area (Å²) in [6.07, 6.45) is 41.1. The predicted octanol–water partition coefficient (Wildman–Crippen LogP) is 16.0. The summed E-state index contributed by atoms with van der Waals surface area (Å²) < 4.78 is 16.8. The molecule has 0 aromatic heterocycles. The lowest BCUT2D eigenvalue weighted by molar-refractivity contribution is -0.167. The summed E-state index contributed by atoms with van der Waals surface area (Å²) in [5.41, 5.74) is 0. The molecule has 0 N–H and O–H groups in total. The van der Waals surface area contributed by atoms with Gasteiger partial charge < -0.3 is 14.2 Å². The van der Waals surface area contributed by atoms with Crippen LogP contribution in [0.4, 0.5) is 0 Å². The Hall–Kier alpha value is -1.59. The minimum absolute atomic E-state index is 0.0660. The summed E-state index contributed by atoms with van der Waals surface area (Å²) in [5.74, 6) is 1.56. The molecule has 0 spiro atoms. The zero-order valence-corrected chi connectivity index (χ0v) is 39.1. The molecule has 0 aromatic rings. The fraction of sp³-hybridized carbons (Fsp3) is 0.941. The lowest BCUT2D eigenvalue weighted by atomic mass is 10.0. The highest BCUT2D eigenvalue weighted by atomic mass is 16.6. The molecule has 0 aliphatic rings. The number of rotatable bonds is 44. The fourth-order valence-electron chi connectivity index (χ4n) is 7.59. The first-order valence-electron chi connectivity index (χ1n) is 25.1. The zero-order chi connectivity index (χ0) is 42.0. The zero-order valence-electron chi connectivity index (χ0n) is 39.1. The van der Waals surface area contributed by atoms with Crippen LogP contribution in [0.25, 0.3) is 0 Å². The van der Waals surface area contributed by atoms with Crippen molar-refractivity contribution < 1.29 is 28.6 Å². The predicted molar refractivity (Wildman–Crippen MR) is 243 cm³/mol. The Bertz CT molecular complexity index is 883. The Kier molecular flexibility index (Phi) is 41.3. The molecule has 0 saturated heterocycles. The third-order valence-electron chi connectivity index (χ3n) is 11.4. The summed E-state index contributed by atoms with van der Waals surface area (Å²) in [4.78, 5) is 37.8. The molecule has 0 aliphatic heterocycles. The molecule has 0 fully saturated rings. The molecule has 0 bridgehead atoms. The second kappa shape index (κ2) is 42.5. The van der Waals surface area contributed by atoms with Gasteiger partial charge in [0.05, 0.1) is 0 Å². The Morgan fingerprint density at radius 2 is 0.509 bits per heavy atom. The number of carbonyl (C=O) groups is 3. The average molecular weight is 807 g/mol. The van der Waals surface area contributed by atoms with Crippen molar-refractivity contribution >= 4 is 17.9 Å². The number of hydrogen-bond donors (Lipinski definition) is 0. The summed E-state index contributed by atoms with van der Waals surface area (Å²) in [6.45, 7) is 13.6. The molecule has 0 radical (unpaired) electrons. The van der Waals surface area contributed by atoms with Crippen LogP contribution in [-0.4, -0.2) is 37.2 Å². The van der Waals surface area contributed by atoms with Gasteiger partial charge in [0, 0.05) is 19.3 Å². The molecule has 57 heavy (non-hydrogen) atoms. The summed E-state index contributed by atoms with van der Waals surface area (Å²) in [5, 5.41) is 0. The average Bonchev–Trinajstić information content (AvgIpc) is 3.16. The third kappa shape index (κ3) is 45.3. The van der Waals surface area contributed by atoms with E-state index in [1.54, 1.807) is 0 Å². The molecular weight excluding hydrogens is 709 g/mol. The van der Waals surface area contributed by atoms with Crippen molar-refractivity contribution in [3.8, 4) is 0 Å². The summed E-state index contributed by atoms with van der Waals surface area (Å²) >= 11 is 0. The largest absolute Gasteiger partial charge is 0.462 e. The van der Waals surface area contributed by atoms with Gasteiger partial charge in [0.15, 0.2) is 6.10 Å². The van der Waals surface area contributed by atoms with Crippen molar-refractivity contribution in [3.63, 3.8) is 0 Å². The first-order chi connectivity index (χ1) is 27.6. The molecule has 338 valence electrons. The summed E-state index contributed by atoms with van der Waals surface area (Å²) in [6, 6.07) is 0. The van der Waals surface area contributed by atoms with Crippen molar-refractivity contribution in [2.45, 2.75) is 279 Å². The van der Waals surface area contributed by atoms with Crippen LogP contribution in [0.2, 0.25) is 0 Å². The van der Waals surface area contributed by atoms with E-state index >= 15 is 0 Å². The van der Waals surface area contributed by atoms with Gasteiger partial charge in [-0.15, -0.1) is 0 Å². The monoisotopic (exact) mass is 807 g/mol. The number of hydrogen-bond acceptors (Lipinski definition) is 6. The smallest absolute Gasteiger partial charge is 0.306 e. The van der Waals surface area contributed by atoms with Crippen molar-refractivity contribution in [2.24, 2.45) is 17.8 Å². The summed E-state index contributed by atoms with van der Waals surface area (Å²) in [7, 11) is 0. The standard InChI is InChI=1S/C51H98O6/c1-45(2)37-31-25-19-15-12-10-8-7-9-11-13-17-22-30-36-42-51(54)57-48(44-56-50(53)41-35-29-24-23-27-33-39-47(5)6)43-55-49(52)40-34-28-21-18-14-16-20-26-32-38-46(3)4/h45-48H,7-44H2,1-6H3/t48-/m0/s1. The minimum atomic E-state index is -0.762. The van der Waals surface area contributed by atoms with Crippen molar-refractivity contribution in [1.29, 1.82) is 0 Å². The van der Waals surface area contributed by atoms with Crippen molar-refractivity contribution in [1.82, 2.24) is 0 Å². The first-order valence-corrected chi connectivity index (χ1v) is 25.1. The van der Waals surface area contributed by atoms with Gasteiger partial charge in [-0.3, -0.25) is 14.4 Å². The maximum absolute atomic E-state index is 12.8. The first kappa shape index (κ1) is 55.4. The molecule has 0 aromatic carbocycles. The van der Waals surface area contributed by atoms with Crippen LogP contribution in [0.5, 0.6) is 0 Å². The molecule has 1 atom stereocenters. The number of esters is 3. The number of unbranched alkanes of at least 4 members (excludes halogenated alkanes) is 27. The van der Waals surface area contributed by atoms with E-state index < -0.39 is 6.10 Å². The number of carbonyl (C=O) groups excluding carboxylic acids is 3. The lowest BCUT2D eigenvalue weighted by Gasteiger charge is -2.18. The van der Waals surface area contributed by atoms with Gasteiger partial charge >= 0.3 is 17.9 Å². The van der Waals surface area contributed by atoms with E-state index in [0.717, 1.165) is 75.5 Å². The van der Waals surface area contributed by atoms with Crippen LogP contribution in [0.3, 0.4) is 0 Å². The van der Waals surface area contributed by atoms with Crippen molar-refractivity contribution in [3.05, 3.63) is 0 Å². The molecule has 0 amide bonds.